The minimum atomic E-state index is -0.453. The normalized spacial score (nSPS) is 10.8. The predicted octanol–water partition coefficient (Wildman–Crippen LogP) is 4.52. The molecule has 0 saturated carbocycles. The van der Waals surface area contributed by atoms with Crippen LogP contribution in [0.15, 0.2) is 42.6 Å². The van der Waals surface area contributed by atoms with Crippen molar-refractivity contribution in [3.05, 3.63) is 63.9 Å². The van der Waals surface area contributed by atoms with E-state index in [4.69, 9.17) is 11.6 Å². The molecule has 0 bridgehead atoms. The van der Waals surface area contributed by atoms with Gasteiger partial charge in [0.1, 0.15) is 16.4 Å². The maximum absolute atomic E-state index is 13.2. The summed E-state index contributed by atoms with van der Waals surface area (Å²) in [6.07, 6.45) is 1.61. The summed E-state index contributed by atoms with van der Waals surface area (Å²) >= 11 is 6.98. The molecule has 29 heavy (non-hydrogen) atoms. The number of nitrogens with zero attached hydrogens (tertiary/aromatic N) is 2. The highest BCUT2D eigenvalue weighted by molar-refractivity contribution is 7.09. The summed E-state index contributed by atoms with van der Waals surface area (Å²) in [7, 11) is 0. The molecule has 150 valence electrons. The summed E-state index contributed by atoms with van der Waals surface area (Å²) < 4.78 is 17.5. The highest BCUT2D eigenvalue weighted by Crippen LogP contribution is 2.32. The molecule has 6 nitrogen and oxygen atoms in total. The van der Waals surface area contributed by atoms with Crippen molar-refractivity contribution in [2.75, 3.05) is 5.32 Å². The second-order valence-electron chi connectivity index (χ2n) is 6.51. The van der Waals surface area contributed by atoms with Crippen LogP contribution in [0.4, 0.5) is 10.1 Å². The fourth-order valence-electron chi connectivity index (χ4n) is 2.43. The molecule has 2 aromatic heterocycles. The number of hydrogen-bond acceptors (Lipinski definition) is 5. The molecule has 1 aromatic carbocycles. The van der Waals surface area contributed by atoms with E-state index in [-0.39, 0.29) is 28.3 Å². The molecule has 0 spiro atoms. The van der Waals surface area contributed by atoms with E-state index in [1.807, 2.05) is 0 Å². The van der Waals surface area contributed by atoms with E-state index in [1.54, 1.807) is 38.2 Å². The van der Waals surface area contributed by atoms with Crippen molar-refractivity contribution in [1.82, 2.24) is 14.7 Å². The molecule has 2 amide bonds. The number of hydrogen-bond donors (Lipinski definition) is 2. The van der Waals surface area contributed by atoms with Gasteiger partial charge in [-0.25, -0.2) is 4.39 Å². The van der Waals surface area contributed by atoms with E-state index in [0.29, 0.717) is 22.6 Å². The first-order valence-corrected chi connectivity index (χ1v) is 9.96. The van der Waals surface area contributed by atoms with Crippen LogP contribution in [0.5, 0.6) is 0 Å². The van der Waals surface area contributed by atoms with Crippen molar-refractivity contribution < 1.29 is 14.0 Å². The van der Waals surface area contributed by atoms with Gasteiger partial charge in [0.25, 0.3) is 5.91 Å². The number of nitrogens with one attached hydrogen (secondary N) is 2. The van der Waals surface area contributed by atoms with Gasteiger partial charge in [-0.2, -0.15) is 4.37 Å². The molecule has 0 aliphatic heterocycles. The molecule has 0 unspecified atom stereocenters. The zero-order valence-corrected chi connectivity index (χ0v) is 17.3. The van der Waals surface area contributed by atoms with Crippen LogP contribution < -0.4 is 10.6 Å². The van der Waals surface area contributed by atoms with Gasteiger partial charge in [0, 0.05) is 23.7 Å². The van der Waals surface area contributed by atoms with Gasteiger partial charge in [0.15, 0.2) is 0 Å². The molecule has 0 radical (unpaired) electrons. The molecule has 2 N–H and O–H groups in total. The Morgan fingerprint density at radius 2 is 2.03 bits per heavy atom. The Labute approximate surface area is 176 Å². The Bertz CT molecular complexity index is 1040. The van der Waals surface area contributed by atoms with Gasteiger partial charge in [0.2, 0.25) is 5.91 Å². The topological polar surface area (TPSA) is 84.0 Å². The maximum atomic E-state index is 13.2. The van der Waals surface area contributed by atoms with Crippen LogP contribution in [-0.4, -0.2) is 21.2 Å². The van der Waals surface area contributed by atoms with Crippen LogP contribution in [0, 0.1) is 11.7 Å². The van der Waals surface area contributed by atoms with E-state index in [9.17, 15) is 14.0 Å². The predicted molar refractivity (Wildman–Crippen MR) is 111 cm³/mol. The lowest BCUT2D eigenvalue weighted by molar-refractivity contribution is -0.118. The zero-order valence-electron chi connectivity index (χ0n) is 15.7. The molecule has 0 aliphatic rings. The molecule has 3 aromatic rings. The fraction of sp³-hybridized carbons (Fsp3) is 0.200. The van der Waals surface area contributed by atoms with Gasteiger partial charge < -0.3 is 10.6 Å². The highest BCUT2D eigenvalue weighted by Gasteiger charge is 2.24. The van der Waals surface area contributed by atoms with Crippen molar-refractivity contribution >= 4 is 40.6 Å². The molecule has 0 saturated heterocycles. The van der Waals surface area contributed by atoms with Crippen LogP contribution in [0.3, 0.4) is 0 Å². The molecule has 3 rings (SSSR count). The quantitative estimate of drug-likeness (QED) is 0.599. The van der Waals surface area contributed by atoms with Crippen molar-refractivity contribution in [1.29, 1.82) is 0 Å². The number of halogens is 2. The first-order valence-electron chi connectivity index (χ1n) is 8.81. The van der Waals surface area contributed by atoms with E-state index in [0.717, 1.165) is 11.5 Å². The van der Waals surface area contributed by atoms with Gasteiger partial charge in [-0.15, -0.1) is 0 Å². The SMILES string of the molecule is CC(C)C(=O)Nc1c(-c2ccccn2)nsc1C(=O)NCc1ccc(F)cc1Cl. The van der Waals surface area contributed by atoms with E-state index < -0.39 is 11.7 Å². The Hall–Kier alpha value is -2.84. The van der Waals surface area contributed by atoms with Crippen LogP contribution in [0.2, 0.25) is 5.02 Å². The van der Waals surface area contributed by atoms with Crippen LogP contribution in [0.25, 0.3) is 11.4 Å². The summed E-state index contributed by atoms with van der Waals surface area (Å²) in [6.45, 7) is 3.62. The largest absolute Gasteiger partial charge is 0.347 e. The second-order valence-corrected chi connectivity index (χ2v) is 7.69. The molecule has 9 heteroatoms. The number of anilines is 1. The third-order valence-corrected chi connectivity index (χ3v) is 5.23. The van der Waals surface area contributed by atoms with Gasteiger partial charge in [-0.05, 0) is 41.4 Å². The number of pyridine rings is 1. The lowest BCUT2D eigenvalue weighted by Gasteiger charge is -2.11. The van der Waals surface area contributed by atoms with Gasteiger partial charge in [-0.1, -0.05) is 37.6 Å². The van der Waals surface area contributed by atoms with E-state index >= 15 is 0 Å². The number of carbonyl (C=O) groups is 2. The smallest absolute Gasteiger partial charge is 0.265 e. The van der Waals surface area contributed by atoms with Crippen molar-refractivity contribution in [2.45, 2.75) is 20.4 Å². The highest BCUT2D eigenvalue weighted by atomic mass is 35.5. The summed E-state index contributed by atoms with van der Waals surface area (Å²) in [5.74, 6) is -1.39. The third kappa shape index (κ3) is 4.96. The van der Waals surface area contributed by atoms with Crippen LogP contribution >= 0.6 is 23.1 Å². The van der Waals surface area contributed by atoms with Crippen molar-refractivity contribution in [3.8, 4) is 11.4 Å². The van der Waals surface area contributed by atoms with Gasteiger partial charge in [0.05, 0.1) is 11.4 Å². The maximum Gasteiger partial charge on any atom is 0.265 e. The Morgan fingerprint density at radius 3 is 2.69 bits per heavy atom. The van der Waals surface area contributed by atoms with Crippen molar-refractivity contribution in [2.24, 2.45) is 5.92 Å². The second kappa shape index (κ2) is 9.11. The number of benzene rings is 1. The van der Waals surface area contributed by atoms with Crippen LogP contribution in [-0.2, 0) is 11.3 Å². The molecular weight excluding hydrogens is 415 g/mol. The Kier molecular flexibility index (Phi) is 6.56. The standard InChI is InChI=1S/C20H18ClFN4O2S/c1-11(2)19(27)25-17-16(15-5-3-4-8-23-15)26-29-18(17)20(28)24-10-12-6-7-13(22)9-14(12)21/h3-9,11H,10H2,1-2H3,(H,24,28)(H,25,27). The average Bonchev–Trinajstić information content (AvgIpc) is 3.11. The lowest BCUT2D eigenvalue weighted by atomic mass is 10.1. The molecule has 0 aliphatic carbocycles. The number of rotatable bonds is 6. The molecule has 0 atom stereocenters. The first-order chi connectivity index (χ1) is 13.9. The van der Waals surface area contributed by atoms with Crippen LogP contribution in [0.1, 0.15) is 29.1 Å². The molecule has 2 heterocycles. The average molecular weight is 433 g/mol. The monoisotopic (exact) mass is 432 g/mol. The number of amides is 2. The lowest BCUT2D eigenvalue weighted by Crippen LogP contribution is -2.25. The van der Waals surface area contributed by atoms with Crippen molar-refractivity contribution in [3.63, 3.8) is 0 Å². The summed E-state index contributed by atoms with van der Waals surface area (Å²) in [5.41, 5.74) is 1.86. The zero-order chi connectivity index (χ0) is 21.0. The fourth-order valence-corrected chi connectivity index (χ4v) is 3.42. The third-order valence-electron chi connectivity index (χ3n) is 4.03. The summed E-state index contributed by atoms with van der Waals surface area (Å²) in [6, 6.07) is 9.27. The molecule has 0 fully saturated rings. The molecular formula is C20H18ClFN4O2S. The summed E-state index contributed by atoms with van der Waals surface area (Å²) in [4.78, 5) is 29.6. The van der Waals surface area contributed by atoms with Gasteiger partial charge >= 0.3 is 0 Å². The Balaban J connectivity index is 1.88. The van der Waals surface area contributed by atoms with E-state index in [2.05, 4.69) is 20.0 Å². The minimum Gasteiger partial charge on any atom is -0.347 e. The van der Waals surface area contributed by atoms with Gasteiger partial charge in [-0.3, -0.25) is 14.6 Å². The van der Waals surface area contributed by atoms with E-state index in [1.165, 1.54) is 18.2 Å². The number of carbonyl (C=O) groups excluding carboxylic acids is 2. The first kappa shape index (κ1) is 20.9. The minimum absolute atomic E-state index is 0.104. The summed E-state index contributed by atoms with van der Waals surface area (Å²) in [5, 5.41) is 5.74. The Morgan fingerprint density at radius 1 is 1.24 bits per heavy atom. The number of aromatic nitrogens is 2.